The molecule has 1 aliphatic rings. The van der Waals surface area contributed by atoms with Crippen molar-refractivity contribution in [3.8, 4) is 0 Å². The normalized spacial score (nSPS) is 20.8. The van der Waals surface area contributed by atoms with Crippen LogP contribution in [-0.4, -0.2) is 44.5 Å². The predicted molar refractivity (Wildman–Crippen MR) is 73.8 cm³/mol. The fourth-order valence-corrected chi connectivity index (χ4v) is 4.03. The second kappa shape index (κ2) is 5.22. The van der Waals surface area contributed by atoms with Gasteiger partial charge in [-0.15, -0.1) is 5.10 Å². The van der Waals surface area contributed by atoms with E-state index in [9.17, 15) is 21.6 Å². The molecule has 1 unspecified atom stereocenters. The average Bonchev–Trinajstić information content (AvgIpc) is 3.10. The smallest absolute Gasteiger partial charge is 0.322 e. The van der Waals surface area contributed by atoms with Gasteiger partial charge in [0.1, 0.15) is 0 Å². The Bertz CT molecular complexity index is 825. The largest absolute Gasteiger partial charge is 0.453 e. The molecular weight excluding hydrogens is 337 g/mol. The molecule has 126 valence electrons. The van der Waals surface area contributed by atoms with Gasteiger partial charge in [-0.25, -0.2) is 13.1 Å². The molecule has 0 aliphatic carbocycles. The maximum Gasteiger partial charge on any atom is 0.453 e. The number of rotatable bonds is 3. The first-order valence-corrected chi connectivity index (χ1v) is 8.46. The third kappa shape index (κ3) is 3.30. The zero-order valence-corrected chi connectivity index (χ0v) is 12.8. The minimum Gasteiger partial charge on any atom is -0.322 e. The summed E-state index contributed by atoms with van der Waals surface area (Å²) in [4.78, 5) is 3.39. The van der Waals surface area contributed by atoms with E-state index < -0.39 is 21.8 Å². The van der Waals surface area contributed by atoms with Crippen LogP contribution in [0.25, 0.3) is 0 Å². The SMILES string of the molecule is Cn1nc(C(F)(F)F)nc1Nc1cnn(C2CCS(=O)(=O)C2)c1. The molecule has 0 amide bonds. The summed E-state index contributed by atoms with van der Waals surface area (Å²) in [5.74, 6) is -1.21. The van der Waals surface area contributed by atoms with E-state index in [2.05, 4.69) is 20.5 Å². The monoisotopic (exact) mass is 350 g/mol. The number of aryl methyl sites for hydroxylation is 1. The van der Waals surface area contributed by atoms with Crippen LogP contribution in [0.5, 0.6) is 0 Å². The van der Waals surface area contributed by atoms with Crippen LogP contribution in [0.3, 0.4) is 0 Å². The summed E-state index contributed by atoms with van der Waals surface area (Å²) in [6.45, 7) is 0. The maximum atomic E-state index is 12.6. The minimum atomic E-state index is -4.62. The number of alkyl halides is 3. The highest BCUT2D eigenvalue weighted by atomic mass is 32.2. The lowest BCUT2D eigenvalue weighted by Crippen LogP contribution is -2.11. The lowest BCUT2D eigenvalue weighted by Gasteiger charge is -2.07. The van der Waals surface area contributed by atoms with Crippen LogP contribution < -0.4 is 5.32 Å². The highest BCUT2D eigenvalue weighted by Crippen LogP contribution is 2.28. The first-order chi connectivity index (χ1) is 10.6. The Morgan fingerprint density at radius 2 is 2.13 bits per heavy atom. The second-order valence-electron chi connectivity index (χ2n) is 5.27. The van der Waals surface area contributed by atoms with Crippen LogP contribution in [0, 0.1) is 0 Å². The summed E-state index contributed by atoms with van der Waals surface area (Å²) in [6, 6.07) is -0.263. The van der Waals surface area contributed by atoms with Gasteiger partial charge in [0.2, 0.25) is 5.95 Å². The van der Waals surface area contributed by atoms with E-state index in [4.69, 9.17) is 0 Å². The number of hydrogen-bond acceptors (Lipinski definition) is 6. The number of aromatic nitrogens is 5. The van der Waals surface area contributed by atoms with Crippen molar-refractivity contribution in [3.63, 3.8) is 0 Å². The summed E-state index contributed by atoms with van der Waals surface area (Å²) in [6.07, 6.45) is -1.23. The molecule has 23 heavy (non-hydrogen) atoms. The molecule has 0 aromatic carbocycles. The van der Waals surface area contributed by atoms with Crippen molar-refractivity contribution in [3.05, 3.63) is 18.2 Å². The number of nitrogens with zero attached hydrogens (tertiary/aromatic N) is 5. The molecular formula is C11H13F3N6O2S. The van der Waals surface area contributed by atoms with Gasteiger partial charge in [0, 0.05) is 13.2 Å². The van der Waals surface area contributed by atoms with Gasteiger partial charge >= 0.3 is 6.18 Å². The number of halogens is 3. The van der Waals surface area contributed by atoms with Crippen molar-refractivity contribution < 1.29 is 21.6 Å². The third-order valence-electron chi connectivity index (χ3n) is 3.46. The van der Waals surface area contributed by atoms with Gasteiger partial charge in [-0.2, -0.15) is 23.3 Å². The lowest BCUT2D eigenvalue weighted by molar-refractivity contribution is -0.144. The van der Waals surface area contributed by atoms with Crippen molar-refractivity contribution in [2.75, 3.05) is 16.8 Å². The van der Waals surface area contributed by atoms with Gasteiger partial charge in [0.15, 0.2) is 9.84 Å². The molecule has 2 aromatic rings. The molecule has 1 atom stereocenters. The highest BCUT2D eigenvalue weighted by Gasteiger charge is 2.37. The van der Waals surface area contributed by atoms with E-state index in [1.807, 2.05) is 0 Å². The van der Waals surface area contributed by atoms with Crippen molar-refractivity contribution in [2.24, 2.45) is 7.05 Å². The molecule has 8 nitrogen and oxygen atoms in total. The van der Waals surface area contributed by atoms with Gasteiger partial charge in [-0.05, 0) is 6.42 Å². The topological polar surface area (TPSA) is 94.7 Å². The second-order valence-corrected chi connectivity index (χ2v) is 7.50. The fourth-order valence-electron chi connectivity index (χ4n) is 2.33. The molecule has 0 radical (unpaired) electrons. The third-order valence-corrected chi connectivity index (χ3v) is 5.21. The summed E-state index contributed by atoms with van der Waals surface area (Å²) >= 11 is 0. The molecule has 1 saturated heterocycles. The summed E-state index contributed by atoms with van der Waals surface area (Å²) in [5.41, 5.74) is 0.401. The Kier molecular flexibility index (Phi) is 3.58. The Labute approximate surface area is 129 Å². The van der Waals surface area contributed by atoms with Gasteiger partial charge < -0.3 is 5.32 Å². The van der Waals surface area contributed by atoms with Crippen molar-refractivity contribution in [1.29, 1.82) is 0 Å². The van der Waals surface area contributed by atoms with E-state index >= 15 is 0 Å². The molecule has 2 aromatic heterocycles. The molecule has 0 bridgehead atoms. The predicted octanol–water partition coefficient (Wildman–Crippen LogP) is 1.13. The fraction of sp³-hybridized carbons (Fsp3) is 0.545. The molecule has 0 saturated carbocycles. The van der Waals surface area contributed by atoms with Gasteiger partial charge in [-0.1, -0.05) is 0 Å². The van der Waals surface area contributed by atoms with Crippen LogP contribution >= 0.6 is 0 Å². The van der Waals surface area contributed by atoms with Crippen LogP contribution in [0.1, 0.15) is 18.3 Å². The number of nitrogens with one attached hydrogen (secondary N) is 1. The Morgan fingerprint density at radius 3 is 2.70 bits per heavy atom. The number of anilines is 2. The van der Waals surface area contributed by atoms with Gasteiger partial charge in [0.25, 0.3) is 5.82 Å². The minimum absolute atomic E-state index is 0.0102. The van der Waals surface area contributed by atoms with Crippen LogP contribution in [-0.2, 0) is 23.1 Å². The maximum absolute atomic E-state index is 12.6. The quantitative estimate of drug-likeness (QED) is 0.892. The Morgan fingerprint density at radius 1 is 1.39 bits per heavy atom. The van der Waals surface area contributed by atoms with E-state index in [1.165, 1.54) is 24.1 Å². The van der Waals surface area contributed by atoms with Crippen LogP contribution in [0.4, 0.5) is 24.8 Å². The summed E-state index contributed by atoms with van der Waals surface area (Å²) < 4.78 is 63.1. The first kappa shape index (κ1) is 15.8. The molecule has 1 fully saturated rings. The van der Waals surface area contributed by atoms with Gasteiger partial charge in [0.05, 0.1) is 29.4 Å². The van der Waals surface area contributed by atoms with Crippen LogP contribution in [0.15, 0.2) is 12.4 Å². The summed E-state index contributed by atoms with van der Waals surface area (Å²) in [5, 5.41) is 10.0. The Hall–Kier alpha value is -2.11. The zero-order valence-electron chi connectivity index (χ0n) is 11.9. The summed E-state index contributed by atoms with van der Waals surface area (Å²) in [7, 11) is -1.71. The molecule has 0 spiro atoms. The average molecular weight is 350 g/mol. The number of sulfone groups is 1. The van der Waals surface area contributed by atoms with Crippen molar-refractivity contribution >= 4 is 21.5 Å². The highest BCUT2D eigenvalue weighted by molar-refractivity contribution is 7.91. The lowest BCUT2D eigenvalue weighted by atomic mass is 10.3. The van der Waals surface area contributed by atoms with Crippen molar-refractivity contribution in [1.82, 2.24) is 24.5 Å². The molecule has 3 heterocycles. The van der Waals surface area contributed by atoms with E-state index in [-0.39, 0.29) is 23.5 Å². The molecule has 12 heteroatoms. The zero-order chi connectivity index (χ0) is 16.8. The standard InChI is InChI=1S/C11H13F3N6O2S/c1-19-10(17-9(18-19)11(12,13)14)16-7-4-15-20(5-7)8-2-3-23(21,22)6-8/h4-5,8H,2-3,6H2,1H3,(H,16,17,18). The van der Waals surface area contributed by atoms with E-state index in [0.717, 1.165) is 4.68 Å². The van der Waals surface area contributed by atoms with E-state index in [0.29, 0.717) is 12.1 Å². The van der Waals surface area contributed by atoms with E-state index in [1.54, 1.807) is 0 Å². The Balaban J connectivity index is 1.76. The molecule has 1 N–H and O–H groups in total. The number of hydrogen-bond donors (Lipinski definition) is 1. The first-order valence-electron chi connectivity index (χ1n) is 6.64. The van der Waals surface area contributed by atoms with Gasteiger partial charge in [-0.3, -0.25) is 4.68 Å². The van der Waals surface area contributed by atoms with Crippen LogP contribution in [0.2, 0.25) is 0 Å². The molecule has 3 rings (SSSR count). The van der Waals surface area contributed by atoms with Crippen molar-refractivity contribution in [2.45, 2.75) is 18.6 Å². The molecule has 1 aliphatic heterocycles.